The molecule has 118 valence electrons. The van der Waals surface area contributed by atoms with E-state index in [-0.39, 0.29) is 0 Å². The first-order valence-corrected chi connectivity index (χ1v) is 8.72. The molecule has 3 heteroatoms. The Bertz CT molecular complexity index is 292. The molecule has 2 aliphatic rings. The van der Waals surface area contributed by atoms with Crippen LogP contribution in [-0.4, -0.2) is 54.6 Å². The Morgan fingerprint density at radius 1 is 1.25 bits per heavy atom. The summed E-state index contributed by atoms with van der Waals surface area (Å²) in [6.45, 7) is 10.7. The van der Waals surface area contributed by atoms with Gasteiger partial charge in [-0.05, 0) is 64.1 Å². The average Bonchev–Trinajstić information content (AvgIpc) is 2.86. The van der Waals surface area contributed by atoms with Crippen LogP contribution in [-0.2, 0) is 0 Å². The molecule has 0 radical (unpaired) electrons. The molecule has 20 heavy (non-hydrogen) atoms. The molecule has 0 aromatic heterocycles. The fraction of sp³-hybridized carbons (Fsp3) is 1.00. The van der Waals surface area contributed by atoms with Gasteiger partial charge in [0.1, 0.15) is 0 Å². The highest BCUT2D eigenvalue weighted by molar-refractivity contribution is 4.91. The van der Waals surface area contributed by atoms with E-state index in [2.05, 4.69) is 37.6 Å². The Hall–Kier alpha value is -0.120. The molecular formula is C17H35N3. The van der Waals surface area contributed by atoms with Crippen molar-refractivity contribution >= 4 is 0 Å². The molecule has 2 N–H and O–H groups in total. The van der Waals surface area contributed by atoms with Gasteiger partial charge in [0, 0.05) is 24.7 Å². The maximum Gasteiger partial charge on any atom is 0.0247 e. The first kappa shape index (κ1) is 16.3. The Balaban J connectivity index is 1.91. The molecule has 0 bridgehead atoms. The normalized spacial score (nSPS) is 36.1. The molecule has 0 aromatic carbocycles. The lowest BCUT2D eigenvalue weighted by atomic mass is 9.76. The van der Waals surface area contributed by atoms with Gasteiger partial charge in [0.2, 0.25) is 0 Å². The summed E-state index contributed by atoms with van der Waals surface area (Å²) in [4.78, 5) is 5.22. The first-order chi connectivity index (χ1) is 9.52. The minimum Gasteiger partial charge on any atom is -0.326 e. The molecule has 4 unspecified atom stereocenters. The van der Waals surface area contributed by atoms with E-state index in [1.807, 2.05) is 0 Å². The molecule has 0 aromatic rings. The second-order valence-corrected chi connectivity index (χ2v) is 7.41. The molecule has 1 aliphatic heterocycles. The van der Waals surface area contributed by atoms with Gasteiger partial charge in [-0.2, -0.15) is 0 Å². The zero-order valence-electron chi connectivity index (χ0n) is 14.0. The van der Waals surface area contributed by atoms with Gasteiger partial charge in [-0.3, -0.25) is 4.90 Å². The zero-order chi connectivity index (χ0) is 14.7. The SMILES string of the molecule is CCN1CCCC1CN(C)C1CC(C(C)C)CCC1N. The Morgan fingerprint density at radius 3 is 2.65 bits per heavy atom. The monoisotopic (exact) mass is 281 g/mol. The van der Waals surface area contributed by atoms with Crippen LogP contribution < -0.4 is 5.73 Å². The molecule has 3 nitrogen and oxygen atoms in total. The summed E-state index contributed by atoms with van der Waals surface area (Å²) < 4.78 is 0. The van der Waals surface area contributed by atoms with Crippen molar-refractivity contribution in [2.75, 3.05) is 26.7 Å². The van der Waals surface area contributed by atoms with Crippen LogP contribution in [0.5, 0.6) is 0 Å². The molecule has 1 aliphatic carbocycles. The summed E-state index contributed by atoms with van der Waals surface area (Å²) in [5, 5.41) is 0. The molecular weight excluding hydrogens is 246 g/mol. The van der Waals surface area contributed by atoms with Crippen molar-refractivity contribution in [1.82, 2.24) is 9.80 Å². The fourth-order valence-electron chi connectivity index (χ4n) is 4.30. The molecule has 2 fully saturated rings. The summed E-state index contributed by atoms with van der Waals surface area (Å²) in [7, 11) is 2.30. The van der Waals surface area contributed by atoms with Crippen molar-refractivity contribution in [3.63, 3.8) is 0 Å². The maximum atomic E-state index is 6.43. The van der Waals surface area contributed by atoms with Gasteiger partial charge in [-0.15, -0.1) is 0 Å². The summed E-state index contributed by atoms with van der Waals surface area (Å²) in [5.41, 5.74) is 6.43. The summed E-state index contributed by atoms with van der Waals surface area (Å²) >= 11 is 0. The van der Waals surface area contributed by atoms with Crippen molar-refractivity contribution in [3.05, 3.63) is 0 Å². The van der Waals surface area contributed by atoms with E-state index in [1.165, 1.54) is 51.7 Å². The van der Waals surface area contributed by atoms with E-state index < -0.39 is 0 Å². The predicted octanol–water partition coefficient (Wildman–Crippen LogP) is 2.55. The van der Waals surface area contributed by atoms with Crippen LogP contribution in [0.15, 0.2) is 0 Å². The third-order valence-electron chi connectivity index (χ3n) is 5.82. The smallest absolute Gasteiger partial charge is 0.0247 e. The van der Waals surface area contributed by atoms with Crippen LogP contribution in [0.4, 0.5) is 0 Å². The number of likely N-dealkylation sites (tertiary alicyclic amines) is 1. The van der Waals surface area contributed by atoms with Crippen molar-refractivity contribution in [3.8, 4) is 0 Å². The molecule has 0 spiro atoms. The Morgan fingerprint density at radius 2 is 2.00 bits per heavy atom. The number of rotatable bonds is 5. The van der Waals surface area contributed by atoms with Gasteiger partial charge in [0.05, 0.1) is 0 Å². The Labute approximate surface area is 125 Å². The van der Waals surface area contributed by atoms with Gasteiger partial charge in [0.25, 0.3) is 0 Å². The van der Waals surface area contributed by atoms with Gasteiger partial charge in [0.15, 0.2) is 0 Å². The van der Waals surface area contributed by atoms with Crippen molar-refractivity contribution in [2.45, 2.75) is 71.0 Å². The minimum absolute atomic E-state index is 0.381. The molecule has 4 atom stereocenters. The summed E-state index contributed by atoms with van der Waals surface area (Å²) in [6, 6.07) is 1.73. The third-order valence-corrected chi connectivity index (χ3v) is 5.82. The van der Waals surface area contributed by atoms with Gasteiger partial charge in [-0.1, -0.05) is 20.8 Å². The van der Waals surface area contributed by atoms with E-state index >= 15 is 0 Å². The van der Waals surface area contributed by atoms with Crippen LogP contribution in [0, 0.1) is 11.8 Å². The highest BCUT2D eigenvalue weighted by Gasteiger charge is 2.34. The van der Waals surface area contributed by atoms with E-state index in [9.17, 15) is 0 Å². The second-order valence-electron chi connectivity index (χ2n) is 7.41. The van der Waals surface area contributed by atoms with Crippen LogP contribution in [0.1, 0.15) is 52.9 Å². The lowest BCUT2D eigenvalue weighted by Crippen LogP contribution is -2.53. The van der Waals surface area contributed by atoms with Gasteiger partial charge < -0.3 is 10.6 Å². The number of nitrogens with zero attached hydrogens (tertiary/aromatic N) is 2. The standard InChI is InChI=1S/C17H35N3/c1-5-20-10-6-7-15(20)12-19(4)17-11-14(13(2)3)8-9-16(17)18/h13-17H,5-12,18H2,1-4H3. The van der Waals surface area contributed by atoms with E-state index in [0.717, 1.165) is 17.9 Å². The molecule has 1 saturated heterocycles. The van der Waals surface area contributed by atoms with E-state index in [1.54, 1.807) is 0 Å². The topological polar surface area (TPSA) is 32.5 Å². The van der Waals surface area contributed by atoms with Gasteiger partial charge in [-0.25, -0.2) is 0 Å². The van der Waals surface area contributed by atoms with Crippen molar-refractivity contribution in [2.24, 2.45) is 17.6 Å². The quantitative estimate of drug-likeness (QED) is 0.840. The minimum atomic E-state index is 0.381. The second kappa shape index (κ2) is 7.24. The largest absolute Gasteiger partial charge is 0.326 e. The average molecular weight is 281 g/mol. The molecule has 1 heterocycles. The van der Waals surface area contributed by atoms with Crippen LogP contribution >= 0.6 is 0 Å². The third kappa shape index (κ3) is 3.75. The number of hydrogen-bond acceptors (Lipinski definition) is 3. The fourth-order valence-corrected chi connectivity index (χ4v) is 4.30. The lowest BCUT2D eigenvalue weighted by molar-refractivity contribution is 0.0937. The molecule has 1 saturated carbocycles. The van der Waals surface area contributed by atoms with E-state index in [4.69, 9.17) is 5.73 Å². The van der Waals surface area contributed by atoms with Crippen LogP contribution in [0.2, 0.25) is 0 Å². The maximum absolute atomic E-state index is 6.43. The van der Waals surface area contributed by atoms with Crippen LogP contribution in [0.3, 0.4) is 0 Å². The summed E-state index contributed by atoms with van der Waals surface area (Å²) in [5.74, 6) is 1.67. The molecule has 2 rings (SSSR count). The van der Waals surface area contributed by atoms with Crippen LogP contribution in [0.25, 0.3) is 0 Å². The summed E-state index contributed by atoms with van der Waals surface area (Å²) in [6.07, 6.45) is 6.58. The van der Waals surface area contributed by atoms with Crippen molar-refractivity contribution < 1.29 is 0 Å². The predicted molar refractivity (Wildman–Crippen MR) is 86.8 cm³/mol. The Kier molecular flexibility index (Phi) is 5.88. The first-order valence-electron chi connectivity index (χ1n) is 8.72. The van der Waals surface area contributed by atoms with E-state index in [0.29, 0.717) is 12.1 Å². The van der Waals surface area contributed by atoms with Gasteiger partial charge >= 0.3 is 0 Å². The highest BCUT2D eigenvalue weighted by Crippen LogP contribution is 2.32. The lowest BCUT2D eigenvalue weighted by Gasteiger charge is -2.42. The van der Waals surface area contributed by atoms with Crippen molar-refractivity contribution in [1.29, 1.82) is 0 Å². The number of nitrogens with two attached hydrogens (primary N) is 1. The highest BCUT2D eigenvalue weighted by atomic mass is 15.2. The zero-order valence-corrected chi connectivity index (χ0v) is 14.0. The number of likely N-dealkylation sites (N-methyl/N-ethyl adjacent to an activating group) is 2. The molecule has 0 amide bonds. The number of hydrogen-bond donors (Lipinski definition) is 1.